The number of pyridine rings is 1. The van der Waals surface area contributed by atoms with Crippen molar-refractivity contribution in [2.24, 2.45) is 23.7 Å². The fourth-order valence-electron chi connectivity index (χ4n) is 5.26. The molecule has 0 unspecified atom stereocenters. The maximum absolute atomic E-state index is 13.4. The number of aromatic nitrogens is 1. The molecule has 1 saturated carbocycles. The topological polar surface area (TPSA) is 79.4 Å². The highest BCUT2D eigenvalue weighted by atomic mass is 16.2. The lowest BCUT2D eigenvalue weighted by Crippen LogP contribution is -2.38. The van der Waals surface area contributed by atoms with Gasteiger partial charge >= 0.3 is 0 Å². The van der Waals surface area contributed by atoms with Gasteiger partial charge in [-0.2, -0.15) is 0 Å². The van der Waals surface area contributed by atoms with E-state index in [4.69, 9.17) is 0 Å². The molecule has 30 heavy (non-hydrogen) atoms. The second kappa shape index (κ2) is 7.52. The Morgan fingerprint density at radius 2 is 1.67 bits per heavy atom. The number of hydrogen-bond acceptors (Lipinski definition) is 4. The highest BCUT2D eigenvalue weighted by Gasteiger charge is 2.58. The van der Waals surface area contributed by atoms with E-state index in [2.05, 4.69) is 22.5 Å². The van der Waals surface area contributed by atoms with Gasteiger partial charge in [0.15, 0.2) is 0 Å². The third-order valence-corrected chi connectivity index (χ3v) is 6.61. The van der Waals surface area contributed by atoms with Crippen LogP contribution >= 0.6 is 0 Å². The average Bonchev–Trinajstić information content (AvgIpc) is 3.07. The summed E-state index contributed by atoms with van der Waals surface area (Å²) in [7, 11) is 0. The quantitative estimate of drug-likeness (QED) is 0.616. The van der Waals surface area contributed by atoms with Gasteiger partial charge in [0.05, 0.1) is 36.2 Å². The lowest BCUT2D eigenvalue weighted by atomic mass is 9.63. The summed E-state index contributed by atoms with van der Waals surface area (Å²) in [5.41, 5.74) is 1.38. The highest BCUT2D eigenvalue weighted by molar-refractivity contribution is 6.07. The zero-order chi connectivity index (χ0) is 20.7. The molecule has 6 nitrogen and oxygen atoms in total. The molecular formula is C24H23N3O3. The normalized spacial score (nSPS) is 27.8. The molecule has 2 heterocycles. The van der Waals surface area contributed by atoms with Gasteiger partial charge in [0.1, 0.15) is 0 Å². The van der Waals surface area contributed by atoms with Crippen molar-refractivity contribution < 1.29 is 14.4 Å². The molecule has 2 fully saturated rings. The second-order valence-corrected chi connectivity index (χ2v) is 8.31. The number of fused-ring (bicyclic) bond motifs is 1. The number of amides is 3. The number of imide groups is 1. The van der Waals surface area contributed by atoms with Crippen LogP contribution in [0.25, 0.3) is 0 Å². The van der Waals surface area contributed by atoms with Crippen LogP contribution in [0.2, 0.25) is 0 Å². The van der Waals surface area contributed by atoms with Crippen LogP contribution < -0.4 is 5.32 Å². The van der Waals surface area contributed by atoms with Crippen LogP contribution in [0.15, 0.2) is 67.0 Å². The molecule has 0 radical (unpaired) electrons. The molecule has 1 aliphatic heterocycles. The largest absolute Gasteiger partial charge is 0.325 e. The SMILES string of the molecule is O=C(C[C@H](c1ccccc1)N1C(=O)[C@@H]2[C@H](C1=O)[C@H]1C=C[C@H]2CC1)Nc1cccnc1. The van der Waals surface area contributed by atoms with Crippen molar-refractivity contribution in [2.45, 2.75) is 25.3 Å². The Balaban J connectivity index is 1.45. The number of nitrogens with zero attached hydrogens (tertiary/aromatic N) is 2. The van der Waals surface area contributed by atoms with Crippen LogP contribution in [-0.2, 0) is 14.4 Å². The van der Waals surface area contributed by atoms with E-state index >= 15 is 0 Å². The lowest BCUT2D eigenvalue weighted by molar-refractivity contribution is -0.143. The van der Waals surface area contributed by atoms with E-state index < -0.39 is 6.04 Å². The number of rotatable bonds is 5. The maximum Gasteiger partial charge on any atom is 0.234 e. The van der Waals surface area contributed by atoms with E-state index in [-0.39, 0.29) is 47.8 Å². The average molecular weight is 401 g/mol. The number of carbonyl (C=O) groups excluding carboxylic acids is 3. The van der Waals surface area contributed by atoms with Crippen molar-refractivity contribution in [3.8, 4) is 0 Å². The monoisotopic (exact) mass is 401 g/mol. The van der Waals surface area contributed by atoms with Crippen LogP contribution in [0.5, 0.6) is 0 Å². The number of carbonyl (C=O) groups is 3. The minimum atomic E-state index is -0.618. The maximum atomic E-state index is 13.4. The molecule has 3 amide bonds. The van der Waals surface area contributed by atoms with E-state index in [0.29, 0.717) is 5.69 Å². The molecule has 1 N–H and O–H groups in total. The van der Waals surface area contributed by atoms with Crippen molar-refractivity contribution in [1.29, 1.82) is 0 Å². The van der Waals surface area contributed by atoms with Crippen molar-refractivity contribution in [1.82, 2.24) is 9.88 Å². The minimum absolute atomic E-state index is 0.0125. The van der Waals surface area contributed by atoms with Crippen LogP contribution in [0.3, 0.4) is 0 Å². The van der Waals surface area contributed by atoms with Gasteiger partial charge in [-0.1, -0.05) is 42.5 Å². The standard InChI is InChI=1S/C24H23N3O3/c28-20(26-18-7-4-12-25-14-18)13-19(15-5-2-1-3-6-15)27-23(29)21-16-8-9-17(11-10-16)22(21)24(27)30/h1-9,12,14,16-17,19,21-22H,10-11,13H2,(H,26,28)/t16-,17-,19+,21-,22+/m0/s1. The molecule has 4 aliphatic rings. The number of nitrogens with one attached hydrogen (secondary N) is 1. The van der Waals surface area contributed by atoms with E-state index in [0.717, 1.165) is 18.4 Å². The summed E-state index contributed by atoms with van der Waals surface area (Å²) in [5, 5.41) is 2.82. The molecule has 0 spiro atoms. The van der Waals surface area contributed by atoms with Gasteiger partial charge in [-0.15, -0.1) is 0 Å². The van der Waals surface area contributed by atoms with E-state index in [1.807, 2.05) is 30.3 Å². The number of hydrogen-bond donors (Lipinski definition) is 1. The molecule has 152 valence electrons. The predicted molar refractivity (Wildman–Crippen MR) is 111 cm³/mol. The first kappa shape index (κ1) is 18.7. The van der Waals surface area contributed by atoms with Crippen LogP contribution in [0, 0.1) is 23.7 Å². The summed E-state index contributed by atoms with van der Waals surface area (Å²) in [6, 6.07) is 12.2. The van der Waals surface area contributed by atoms with E-state index in [9.17, 15) is 14.4 Å². The molecule has 2 bridgehead atoms. The third kappa shape index (κ3) is 3.12. The van der Waals surface area contributed by atoms with Crippen LogP contribution in [0.1, 0.15) is 30.9 Å². The summed E-state index contributed by atoms with van der Waals surface area (Å²) >= 11 is 0. The highest BCUT2D eigenvalue weighted by Crippen LogP contribution is 2.51. The van der Waals surface area contributed by atoms with Gasteiger partial charge in [-0.05, 0) is 42.4 Å². The Hall–Kier alpha value is -3.28. The summed E-state index contributed by atoms with van der Waals surface area (Å²) in [4.78, 5) is 45.1. The molecule has 6 rings (SSSR count). The van der Waals surface area contributed by atoms with Gasteiger partial charge in [0.2, 0.25) is 17.7 Å². The van der Waals surface area contributed by atoms with Gasteiger partial charge in [0, 0.05) is 6.20 Å². The Bertz CT molecular complexity index is 973. The third-order valence-electron chi connectivity index (χ3n) is 6.61. The lowest BCUT2D eigenvalue weighted by Gasteiger charge is -2.38. The first-order chi connectivity index (χ1) is 14.6. The fourth-order valence-corrected chi connectivity index (χ4v) is 5.26. The first-order valence-corrected chi connectivity index (χ1v) is 10.4. The Kier molecular flexibility index (Phi) is 4.69. The van der Waals surface area contributed by atoms with Crippen molar-refractivity contribution in [2.75, 3.05) is 5.32 Å². The minimum Gasteiger partial charge on any atom is -0.325 e. The van der Waals surface area contributed by atoms with Crippen LogP contribution in [0.4, 0.5) is 5.69 Å². The molecule has 5 atom stereocenters. The number of anilines is 1. The molecule has 3 aliphatic carbocycles. The summed E-state index contributed by atoms with van der Waals surface area (Å²) in [6.45, 7) is 0. The zero-order valence-corrected chi connectivity index (χ0v) is 16.5. The predicted octanol–water partition coefficient (Wildman–Crippen LogP) is 3.35. The molecular weight excluding hydrogens is 378 g/mol. The van der Waals surface area contributed by atoms with Crippen LogP contribution in [-0.4, -0.2) is 27.6 Å². The van der Waals surface area contributed by atoms with Crippen molar-refractivity contribution >= 4 is 23.4 Å². The Labute approximate surface area is 175 Å². The number of benzene rings is 1. The summed E-state index contributed by atoms with van der Waals surface area (Å²) < 4.78 is 0. The van der Waals surface area contributed by atoms with Crippen molar-refractivity contribution in [3.05, 3.63) is 72.6 Å². The Morgan fingerprint density at radius 1 is 1.00 bits per heavy atom. The molecule has 1 saturated heterocycles. The number of allylic oxidation sites excluding steroid dienone is 2. The van der Waals surface area contributed by atoms with E-state index in [1.54, 1.807) is 24.5 Å². The van der Waals surface area contributed by atoms with Gasteiger partial charge in [0.25, 0.3) is 0 Å². The smallest absolute Gasteiger partial charge is 0.234 e. The number of likely N-dealkylation sites (tertiary alicyclic amines) is 1. The fraction of sp³-hybridized carbons (Fsp3) is 0.333. The molecule has 2 aromatic rings. The second-order valence-electron chi connectivity index (χ2n) is 8.31. The Morgan fingerprint density at radius 3 is 2.23 bits per heavy atom. The van der Waals surface area contributed by atoms with Gasteiger partial charge in [-0.25, -0.2) is 0 Å². The zero-order valence-electron chi connectivity index (χ0n) is 16.5. The van der Waals surface area contributed by atoms with Crippen molar-refractivity contribution in [3.63, 3.8) is 0 Å². The first-order valence-electron chi connectivity index (χ1n) is 10.4. The molecule has 1 aromatic carbocycles. The molecule has 6 heteroatoms. The molecule has 1 aromatic heterocycles. The summed E-state index contributed by atoms with van der Waals surface area (Å²) in [5.74, 6) is -0.834. The van der Waals surface area contributed by atoms with E-state index in [1.165, 1.54) is 4.90 Å². The van der Waals surface area contributed by atoms with Gasteiger partial charge in [-0.3, -0.25) is 24.3 Å². The van der Waals surface area contributed by atoms with Gasteiger partial charge < -0.3 is 5.32 Å². The summed E-state index contributed by atoms with van der Waals surface area (Å²) in [6.07, 6.45) is 9.33.